The third kappa shape index (κ3) is 4.17. The minimum absolute atomic E-state index is 0.0915. The Bertz CT molecular complexity index is 1100. The van der Waals surface area contributed by atoms with Crippen molar-refractivity contribution in [2.24, 2.45) is 5.92 Å². The zero-order chi connectivity index (χ0) is 23.2. The fourth-order valence-electron chi connectivity index (χ4n) is 5.65. The molecule has 0 radical (unpaired) electrons. The van der Waals surface area contributed by atoms with E-state index in [9.17, 15) is 14.7 Å². The van der Waals surface area contributed by atoms with Gasteiger partial charge in [-0.2, -0.15) is 0 Å². The molecular formula is C26H28ClNO5. The number of carboxylic acid groups (broad SMARTS) is 1. The Morgan fingerprint density at radius 2 is 2.09 bits per heavy atom. The average molecular weight is 470 g/mol. The lowest BCUT2D eigenvalue weighted by Gasteiger charge is -2.44. The third-order valence-electron chi connectivity index (χ3n) is 7.40. The molecule has 1 heterocycles. The van der Waals surface area contributed by atoms with Crippen molar-refractivity contribution in [1.29, 1.82) is 0 Å². The summed E-state index contributed by atoms with van der Waals surface area (Å²) in [6.07, 6.45) is 4.76. The van der Waals surface area contributed by atoms with Gasteiger partial charge in [0.2, 0.25) is 0 Å². The Kier molecular flexibility index (Phi) is 5.73. The SMILES string of the molecule is CC(=O)O[C@@H]1CC[C@H]1CN1CC2(CCCc3cc(Cl)ccc32)COc2ccc(C(=O)O)cc21. The summed E-state index contributed by atoms with van der Waals surface area (Å²) in [4.78, 5) is 25.5. The number of halogens is 1. The van der Waals surface area contributed by atoms with Gasteiger partial charge in [0, 0.05) is 36.4 Å². The topological polar surface area (TPSA) is 76.1 Å². The number of anilines is 1. The van der Waals surface area contributed by atoms with Gasteiger partial charge in [0.15, 0.2) is 0 Å². The Balaban J connectivity index is 1.53. The van der Waals surface area contributed by atoms with Crippen molar-refractivity contribution in [3.05, 3.63) is 58.1 Å². The van der Waals surface area contributed by atoms with E-state index in [-0.39, 0.29) is 29.0 Å². The van der Waals surface area contributed by atoms with Crippen molar-refractivity contribution in [2.45, 2.75) is 50.5 Å². The van der Waals surface area contributed by atoms with Crippen LogP contribution in [0.25, 0.3) is 0 Å². The minimum atomic E-state index is -0.962. The van der Waals surface area contributed by atoms with Gasteiger partial charge in [-0.15, -0.1) is 0 Å². The maximum atomic E-state index is 11.7. The van der Waals surface area contributed by atoms with E-state index in [1.807, 2.05) is 6.07 Å². The van der Waals surface area contributed by atoms with Gasteiger partial charge in [0.1, 0.15) is 11.9 Å². The van der Waals surface area contributed by atoms with E-state index >= 15 is 0 Å². The number of ether oxygens (including phenoxy) is 2. The molecule has 0 aromatic heterocycles. The summed E-state index contributed by atoms with van der Waals surface area (Å²) in [6.45, 7) is 3.36. The lowest BCUT2D eigenvalue weighted by atomic mass is 9.70. The van der Waals surface area contributed by atoms with Crippen LogP contribution >= 0.6 is 11.6 Å². The van der Waals surface area contributed by atoms with Crippen LogP contribution in [-0.2, 0) is 21.4 Å². The summed E-state index contributed by atoms with van der Waals surface area (Å²) in [7, 11) is 0. The van der Waals surface area contributed by atoms with E-state index in [0.29, 0.717) is 25.4 Å². The molecule has 6 nitrogen and oxygen atoms in total. The highest BCUT2D eigenvalue weighted by molar-refractivity contribution is 6.30. The van der Waals surface area contributed by atoms with E-state index in [1.54, 1.807) is 18.2 Å². The highest BCUT2D eigenvalue weighted by Crippen LogP contribution is 2.45. The Hall–Kier alpha value is -2.73. The molecule has 5 rings (SSSR count). The highest BCUT2D eigenvalue weighted by Gasteiger charge is 2.43. The summed E-state index contributed by atoms with van der Waals surface area (Å²) >= 11 is 6.30. The van der Waals surface area contributed by atoms with Gasteiger partial charge in [-0.1, -0.05) is 17.7 Å². The lowest BCUT2D eigenvalue weighted by Crippen LogP contribution is -2.49. The summed E-state index contributed by atoms with van der Waals surface area (Å²) in [5, 5.41) is 10.3. The predicted octanol–water partition coefficient (Wildman–Crippen LogP) is 4.85. The van der Waals surface area contributed by atoms with Crippen LogP contribution in [0.1, 0.15) is 54.1 Å². The largest absolute Gasteiger partial charge is 0.490 e. The second-order valence-corrected chi connectivity index (χ2v) is 10.0. The number of carbonyl (C=O) groups excluding carboxylic acids is 1. The number of aryl methyl sites for hydroxylation is 1. The number of esters is 1. The Morgan fingerprint density at radius 3 is 2.82 bits per heavy atom. The molecule has 2 aromatic rings. The fourth-order valence-corrected chi connectivity index (χ4v) is 5.84. The Labute approximate surface area is 198 Å². The molecule has 3 aliphatic rings. The second-order valence-electron chi connectivity index (χ2n) is 9.58. The molecule has 7 heteroatoms. The number of hydrogen-bond donors (Lipinski definition) is 1. The monoisotopic (exact) mass is 469 g/mol. The Morgan fingerprint density at radius 1 is 1.24 bits per heavy atom. The number of carbonyl (C=O) groups is 2. The molecular weight excluding hydrogens is 442 g/mol. The van der Waals surface area contributed by atoms with Gasteiger partial charge in [-0.05, 0) is 73.6 Å². The average Bonchev–Trinajstić information content (AvgIpc) is 2.92. The first-order valence-electron chi connectivity index (χ1n) is 11.6. The second kappa shape index (κ2) is 8.56. The molecule has 3 atom stereocenters. The van der Waals surface area contributed by atoms with E-state index in [0.717, 1.165) is 42.8 Å². The van der Waals surface area contributed by atoms with Crippen LogP contribution in [-0.4, -0.2) is 42.8 Å². The van der Waals surface area contributed by atoms with Crippen LogP contribution in [0, 0.1) is 5.92 Å². The first kappa shape index (κ1) is 22.1. The number of aromatic carboxylic acids is 1. The van der Waals surface area contributed by atoms with Gasteiger partial charge >= 0.3 is 11.9 Å². The van der Waals surface area contributed by atoms with Gasteiger partial charge < -0.3 is 19.5 Å². The van der Waals surface area contributed by atoms with Gasteiger partial charge in [-0.3, -0.25) is 4.79 Å². The first-order chi connectivity index (χ1) is 15.8. The molecule has 1 fully saturated rings. The quantitative estimate of drug-likeness (QED) is 0.645. The molecule has 1 spiro atoms. The van der Waals surface area contributed by atoms with Crippen LogP contribution in [0.5, 0.6) is 5.75 Å². The normalized spacial score (nSPS) is 25.8. The number of carboxylic acids is 1. The summed E-state index contributed by atoms with van der Waals surface area (Å²) in [5.41, 5.74) is 3.33. The number of fused-ring (bicyclic) bond motifs is 3. The maximum Gasteiger partial charge on any atom is 0.335 e. The molecule has 1 saturated carbocycles. The number of rotatable bonds is 4. The fraction of sp³-hybridized carbons (Fsp3) is 0.462. The zero-order valence-electron chi connectivity index (χ0n) is 18.7. The summed E-state index contributed by atoms with van der Waals surface area (Å²) < 4.78 is 11.9. The zero-order valence-corrected chi connectivity index (χ0v) is 19.4. The lowest BCUT2D eigenvalue weighted by molar-refractivity contribution is -0.154. The van der Waals surface area contributed by atoms with Gasteiger partial charge in [0.25, 0.3) is 0 Å². The standard InChI is InChI=1S/C26H28ClNO5/c1-16(29)33-23-8-5-19(23)13-28-14-26(10-2-3-17-11-20(27)6-7-21(17)26)15-32-24-9-4-18(25(30)31)12-22(24)28/h4,6-7,9,11-12,19,23H,2-3,5,8,10,13-15H2,1H3,(H,30,31)/t19-,23+,26?/m0/s1. The van der Waals surface area contributed by atoms with E-state index in [1.165, 1.54) is 18.1 Å². The molecule has 0 bridgehead atoms. The van der Waals surface area contributed by atoms with Crippen LogP contribution in [0.15, 0.2) is 36.4 Å². The van der Waals surface area contributed by atoms with Crippen molar-refractivity contribution in [3.8, 4) is 5.75 Å². The molecule has 2 aromatic carbocycles. The predicted molar refractivity (Wildman–Crippen MR) is 125 cm³/mol. The van der Waals surface area contributed by atoms with Crippen molar-refractivity contribution in [3.63, 3.8) is 0 Å². The van der Waals surface area contributed by atoms with E-state index < -0.39 is 5.97 Å². The number of nitrogens with zero attached hydrogens (tertiary/aromatic N) is 1. The number of hydrogen-bond acceptors (Lipinski definition) is 5. The van der Waals surface area contributed by atoms with E-state index in [2.05, 4.69) is 17.0 Å². The van der Waals surface area contributed by atoms with Gasteiger partial charge in [-0.25, -0.2) is 4.79 Å². The number of benzene rings is 2. The van der Waals surface area contributed by atoms with Crippen LogP contribution in [0.3, 0.4) is 0 Å². The van der Waals surface area contributed by atoms with Crippen LogP contribution in [0.4, 0.5) is 5.69 Å². The summed E-state index contributed by atoms with van der Waals surface area (Å²) in [6, 6.07) is 11.2. The van der Waals surface area contributed by atoms with E-state index in [4.69, 9.17) is 21.1 Å². The molecule has 0 saturated heterocycles. The van der Waals surface area contributed by atoms with Crippen LogP contribution in [0.2, 0.25) is 5.02 Å². The van der Waals surface area contributed by atoms with Gasteiger partial charge in [0.05, 0.1) is 17.9 Å². The first-order valence-corrected chi connectivity index (χ1v) is 11.9. The molecule has 1 unspecified atom stereocenters. The molecule has 33 heavy (non-hydrogen) atoms. The van der Waals surface area contributed by atoms with Crippen molar-refractivity contribution in [2.75, 3.05) is 24.6 Å². The molecule has 2 aliphatic carbocycles. The third-order valence-corrected chi connectivity index (χ3v) is 7.64. The molecule has 1 aliphatic heterocycles. The molecule has 174 valence electrons. The molecule has 0 amide bonds. The van der Waals surface area contributed by atoms with Crippen LogP contribution < -0.4 is 9.64 Å². The summed E-state index contributed by atoms with van der Waals surface area (Å²) in [5.74, 6) is -0.317. The highest BCUT2D eigenvalue weighted by atomic mass is 35.5. The van der Waals surface area contributed by atoms with Crippen molar-refractivity contribution in [1.82, 2.24) is 0 Å². The van der Waals surface area contributed by atoms with Crippen molar-refractivity contribution < 1.29 is 24.2 Å². The minimum Gasteiger partial charge on any atom is -0.490 e. The maximum absolute atomic E-state index is 11.7. The smallest absolute Gasteiger partial charge is 0.335 e. The molecule has 1 N–H and O–H groups in total. The van der Waals surface area contributed by atoms with Crippen molar-refractivity contribution >= 4 is 29.2 Å².